The first-order valence-electron chi connectivity index (χ1n) is 6.63. The molecule has 5 heteroatoms. The van der Waals surface area contributed by atoms with Crippen LogP contribution in [0.2, 0.25) is 0 Å². The molecule has 1 N–H and O–H groups in total. The first kappa shape index (κ1) is 15.4. The van der Waals surface area contributed by atoms with Crippen LogP contribution in [0.15, 0.2) is 12.1 Å². The fourth-order valence-corrected chi connectivity index (χ4v) is 1.85. The van der Waals surface area contributed by atoms with Gasteiger partial charge in [0, 0.05) is 38.0 Å². The van der Waals surface area contributed by atoms with Crippen LogP contribution in [0.25, 0.3) is 0 Å². The second-order valence-corrected chi connectivity index (χ2v) is 4.29. The van der Waals surface area contributed by atoms with E-state index < -0.39 is 0 Å². The van der Waals surface area contributed by atoms with Crippen LogP contribution in [-0.2, 0) is 4.74 Å². The molecule has 1 rings (SSSR count). The molecular weight excluding hydrogens is 242 g/mol. The Hall–Kier alpha value is -1.62. The van der Waals surface area contributed by atoms with Gasteiger partial charge in [0.25, 0.3) is 5.91 Å². The molecule has 1 aromatic heterocycles. The topological polar surface area (TPSA) is 54.5 Å². The zero-order valence-electron chi connectivity index (χ0n) is 12.2. The highest BCUT2D eigenvalue weighted by atomic mass is 16.5. The first-order valence-corrected chi connectivity index (χ1v) is 6.63. The third kappa shape index (κ3) is 4.52. The maximum Gasteiger partial charge on any atom is 0.254 e. The Balaban J connectivity index is 2.90. The highest BCUT2D eigenvalue weighted by Gasteiger charge is 2.15. The predicted molar refractivity (Wildman–Crippen MR) is 76.6 cm³/mol. The fourth-order valence-electron chi connectivity index (χ4n) is 1.85. The molecule has 0 aromatic carbocycles. The number of amides is 1. The summed E-state index contributed by atoms with van der Waals surface area (Å²) in [5.74, 6) is 0.762. The Morgan fingerprint density at radius 1 is 1.42 bits per heavy atom. The number of nitrogens with zero attached hydrogens (tertiary/aromatic N) is 2. The molecule has 0 spiro atoms. The number of rotatable bonds is 7. The summed E-state index contributed by atoms with van der Waals surface area (Å²) >= 11 is 0. The molecule has 106 valence electrons. The summed E-state index contributed by atoms with van der Waals surface area (Å²) in [4.78, 5) is 18.5. The highest BCUT2D eigenvalue weighted by Crippen LogP contribution is 2.12. The lowest BCUT2D eigenvalue weighted by atomic mass is 10.2. The van der Waals surface area contributed by atoms with Gasteiger partial charge < -0.3 is 15.0 Å². The molecule has 0 aliphatic heterocycles. The van der Waals surface area contributed by atoms with Gasteiger partial charge in [0.2, 0.25) is 0 Å². The standard InChI is InChI=1S/C14H23N3O2/c1-5-15-13-10-12(9-11(3)16-13)14(18)17(6-2)7-8-19-4/h9-10H,5-8H2,1-4H3,(H,15,16). The average Bonchev–Trinajstić information content (AvgIpc) is 2.39. The number of aryl methyl sites for hydroxylation is 1. The molecule has 0 radical (unpaired) electrons. The summed E-state index contributed by atoms with van der Waals surface area (Å²) in [6.45, 7) is 8.46. The number of aromatic nitrogens is 1. The summed E-state index contributed by atoms with van der Waals surface area (Å²) in [7, 11) is 1.64. The van der Waals surface area contributed by atoms with Gasteiger partial charge in [-0.3, -0.25) is 4.79 Å². The monoisotopic (exact) mass is 265 g/mol. The van der Waals surface area contributed by atoms with Crippen molar-refractivity contribution in [3.8, 4) is 0 Å². The zero-order chi connectivity index (χ0) is 14.3. The maximum absolute atomic E-state index is 12.4. The minimum Gasteiger partial charge on any atom is -0.383 e. The van der Waals surface area contributed by atoms with E-state index in [9.17, 15) is 4.79 Å². The van der Waals surface area contributed by atoms with Crippen LogP contribution in [0.1, 0.15) is 29.9 Å². The molecule has 0 atom stereocenters. The number of hydrogen-bond acceptors (Lipinski definition) is 4. The van der Waals surface area contributed by atoms with Crippen molar-refractivity contribution >= 4 is 11.7 Å². The van der Waals surface area contributed by atoms with E-state index in [1.165, 1.54) is 0 Å². The van der Waals surface area contributed by atoms with Gasteiger partial charge >= 0.3 is 0 Å². The van der Waals surface area contributed by atoms with Crippen molar-refractivity contribution in [3.63, 3.8) is 0 Å². The number of hydrogen-bond donors (Lipinski definition) is 1. The fraction of sp³-hybridized carbons (Fsp3) is 0.571. The quantitative estimate of drug-likeness (QED) is 0.818. The number of likely N-dealkylation sites (N-methyl/N-ethyl adjacent to an activating group) is 1. The lowest BCUT2D eigenvalue weighted by Gasteiger charge is -2.21. The van der Waals surface area contributed by atoms with E-state index in [2.05, 4.69) is 10.3 Å². The molecule has 1 aromatic rings. The number of nitrogens with one attached hydrogen (secondary N) is 1. The molecule has 0 bridgehead atoms. The largest absolute Gasteiger partial charge is 0.383 e. The lowest BCUT2D eigenvalue weighted by Crippen LogP contribution is -2.33. The summed E-state index contributed by atoms with van der Waals surface area (Å²) in [6, 6.07) is 3.62. The normalized spacial score (nSPS) is 10.3. The van der Waals surface area contributed by atoms with Crippen LogP contribution < -0.4 is 5.32 Å². The summed E-state index contributed by atoms with van der Waals surface area (Å²) < 4.78 is 5.03. The summed E-state index contributed by atoms with van der Waals surface area (Å²) in [5, 5.41) is 3.14. The molecular formula is C14H23N3O2. The SMILES string of the molecule is CCNc1cc(C(=O)N(CC)CCOC)cc(C)n1. The smallest absolute Gasteiger partial charge is 0.254 e. The number of pyridine rings is 1. The van der Waals surface area contributed by atoms with Crippen molar-refractivity contribution in [1.82, 2.24) is 9.88 Å². The van der Waals surface area contributed by atoms with E-state index in [1.807, 2.05) is 26.8 Å². The van der Waals surface area contributed by atoms with Crippen LogP contribution in [0.4, 0.5) is 5.82 Å². The van der Waals surface area contributed by atoms with Gasteiger partial charge in [-0.2, -0.15) is 0 Å². The van der Waals surface area contributed by atoms with Crippen LogP contribution in [0.3, 0.4) is 0 Å². The molecule has 1 heterocycles. The molecule has 5 nitrogen and oxygen atoms in total. The Morgan fingerprint density at radius 2 is 2.16 bits per heavy atom. The van der Waals surface area contributed by atoms with Crippen molar-refractivity contribution in [3.05, 3.63) is 23.4 Å². The molecule has 0 saturated heterocycles. The van der Waals surface area contributed by atoms with E-state index in [-0.39, 0.29) is 5.91 Å². The third-order valence-electron chi connectivity index (χ3n) is 2.79. The van der Waals surface area contributed by atoms with E-state index in [0.717, 1.165) is 18.1 Å². The van der Waals surface area contributed by atoms with Crippen molar-refractivity contribution in [2.75, 3.05) is 38.7 Å². The van der Waals surface area contributed by atoms with Gasteiger partial charge in [-0.15, -0.1) is 0 Å². The zero-order valence-corrected chi connectivity index (χ0v) is 12.2. The van der Waals surface area contributed by atoms with Gasteiger partial charge in [0.1, 0.15) is 5.82 Å². The van der Waals surface area contributed by atoms with Crippen LogP contribution >= 0.6 is 0 Å². The molecule has 19 heavy (non-hydrogen) atoms. The Morgan fingerprint density at radius 3 is 2.74 bits per heavy atom. The van der Waals surface area contributed by atoms with E-state index in [4.69, 9.17) is 4.74 Å². The Labute approximate surface area is 115 Å². The van der Waals surface area contributed by atoms with Crippen LogP contribution in [0, 0.1) is 6.92 Å². The molecule has 0 unspecified atom stereocenters. The minimum atomic E-state index is 0.0178. The lowest BCUT2D eigenvalue weighted by molar-refractivity contribution is 0.0706. The van der Waals surface area contributed by atoms with Gasteiger partial charge in [0.15, 0.2) is 0 Å². The van der Waals surface area contributed by atoms with E-state index in [0.29, 0.717) is 25.3 Å². The summed E-state index contributed by atoms with van der Waals surface area (Å²) in [6.07, 6.45) is 0. The van der Waals surface area contributed by atoms with Crippen molar-refractivity contribution < 1.29 is 9.53 Å². The Kier molecular flexibility index (Phi) is 6.29. The maximum atomic E-state index is 12.4. The summed E-state index contributed by atoms with van der Waals surface area (Å²) in [5.41, 5.74) is 1.51. The molecule has 0 fully saturated rings. The number of carbonyl (C=O) groups is 1. The second-order valence-electron chi connectivity index (χ2n) is 4.29. The average molecular weight is 265 g/mol. The molecule has 0 aliphatic carbocycles. The molecule has 0 saturated carbocycles. The first-order chi connectivity index (χ1) is 9.12. The van der Waals surface area contributed by atoms with Crippen molar-refractivity contribution in [2.45, 2.75) is 20.8 Å². The van der Waals surface area contributed by atoms with Crippen molar-refractivity contribution in [1.29, 1.82) is 0 Å². The second kappa shape index (κ2) is 7.74. The number of methoxy groups -OCH3 is 1. The molecule has 1 amide bonds. The number of anilines is 1. The van der Waals surface area contributed by atoms with Crippen molar-refractivity contribution in [2.24, 2.45) is 0 Å². The van der Waals surface area contributed by atoms with Gasteiger partial charge in [-0.1, -0.05) is 0 Å². The van der Waals surface area contributed by atoms with Crippen LogP contribution in [-0.4, -0.2) is 49.1 Å². The van der Waals surface area contributed by atoms with Gasteiger partial charge in [-0.25, -0.2) is 4.98 Å². The van der Waals surface area contributed by atoms with E-state index >= 15 is 0 Å². The van der Waals surface area contributed by atoms with Gasteiger partial charge in [-0.05, 0) is 32.9 Å². The Bertz CT molecular complexity index is 421. The van der Waals surface area contributed by atoms with E-state index in [1.54, 1.807) is 18.1 Å². The van der Waals surface area contributed by atoms with Gasteiger partial charge in [0.05, 0.1) is 6.61 Å². The highest BCUT2D eigenvalue weighted by molar-refractivity contribution is 5.95. The van der Waals surface area contributed by atoms with Crippen LogP contribution in [0.5, 0.6) is 0 Å². The third-order valence-corrected chi connectivity index (χ3v) is 2.79. The predicted octanol–water partition coefficient (Wildman–Crippen LogP) is 1.93. The number of carbonyl (C=O) groups excluding carboxylic acids is 1. The number of ether oxygens (including phenoxy) is 1. The molecule has 0 aliphatic rings. The minimum absolute atomic E-state index is 0.0178.